The molecule has 1 atom stereocenters. The molecular formula is C19H22ClN3O3. The van der Waals surface area contributed by atoms with Crippen molar-refractivity contribution >= 4 is 29.2 Å². The molecule has 2 aromatic rings. The molecule has 0 bridgehead atoms. The molecule has 0 aliphatic heterocycles. The monoisotopic (exact) mass is 375 g/mol. The average Bonchev–Trinajstić information content (AvgIpc) is 2.60. The van der Waals surface area contributed by atoms with Gasteiger partial charge in [0.15, 0.2) is 0 Å². The van der Waals surface area contributed by atoms with Crippen LogP contribution < -0.4 is 20.7 Å². The summed E-state index contributed by atoms with van der Waals surface area (Å²) in [5.74, 6) is 0.556. The lowest BCUT2D eigenvalue weighted by Crippen LogP contribution is -2.39. The van der Waals surface area contributed by atoms with Crippen molar-refractivity contribution in [2.45, 2.75) is 19.9 Å². The van der Waals surface area contributed by atoms with Gasteiger partial charge in [-0.05, 0) is 48.9 Å². The van der Waals surface area contributed by atoms with Gasteiger partial charge in [-0.1, -0.05) is 23.7 Å². The number of rotatable bonds is 7. The lowest BCUT2D eigenvalue weighted by Gasteiger charge is -2.16. The van der Waals surface area contributed by atoms with E-state index in [2.05, 4.69) is 16.0 Å². The number of hydrogen-bond donors (Lipinski definition) is 3. The van der Waals surface area contributed by atoms with Gasteiger partial charge in [-0.15, -0.1) is 0 Å². The number of hydrogen-bond acceptors (Lipinski definition) is 3. The van der Waals surface area contributed by atoms with E-state index in [-0.39, 0.29) is 18.0 Å². The zero-order chi connectivity index (χ0) is 18.9. The Morgan fingerprint density at radius 2 is 1.88 bits per heavy atom. The summed E-state index contributed by atoms with van der Waals surface area (Å²) in [7, 11) is 0. The first-order valence-corrected chi connectivity index (χ1v) is 8.62. The lowest BCUT2D eigenvalue weighted by atomic mass is 10.1. The highest BCUT2D eigenvalue weighted by molar-refractivity contribution is 6.30. The van der Waals surface area contributed by atoms with Crippen LogP contribution in [0.2, 0.25) is 5.02 Å². The molecular weight excluding hydrogens is 354 g/mol. The standard InChI is InChI=1S/C19H22ClN3O3/c1-13(15-4-3-5-17(12-15)23-14(2)24)22-19(25)21-10-11-26-18-8-6-16(20)7-9-18/h3-9,12-13H,10-11H2,1-2H3,(H,23,24)(H2,21,22,25)/t13-/m1/s1. The second kappa shape index (κ2) is 9.68. The molecule has 0 aliphatic rings. The van der Waals surface area contributed by atoms with Crippen molar-refractivity contribution in [1.29, 1.82) is 0 Å². The van der Waals surface area contributed by atoms with Crippen LogP contribution in [0.25, 0.3) is 0 Å². The topological polar surface area (TPSA) is 79.5 Å². The summed E-state index contributed by atoms with van der Waals surface area (Å²) < 4.78 is 5.51. The van der Waals surface area contributed by atoms with Crippen LogP contribution in [0, 0.1) is 0 Å². The van der Waals surface area contributed by atoms with Gasteiger partial charge in [0.25, 0.3) is 0 Å². The van der Waals surface area contributed by atoms with E-state index in [0.29, 0.717) is 29.6 Å². The average molecular weight is 376 g/mol. The SMILES string of the molecule is CC(=O)Nc1cccc([C@@H](C)NC(=O)NCCOc2ccc(Cl)cc2)c1. The lowest BCUT2D eigenvalue weighted by molar-refractivity contribution is -0.114. The van der Waals surface area contributed by atoms with Crippen LogP contribution in [-0.2, 0) is 4.79 Å². The number of urea groups is 1. The molecule has 3 N–H and O–H groups in total. The van der Waals surface area contributed by atoms with Crippen LogP contribution in [0.3, 0.4) is 0 Å². The van der Waals surface area contributed by atoms with E-state index >= 15 is 0 Å². The molecule has 7 heteroatoms. The molecule has 26 heavy (non-hydrogen) atoms. The van der Waals surface area contributed by atoms with E-state index < -0.39 is 0 Å². The van der Waals surface area contributed by atoms with E-state index in [1.54, 1.807) is 30.3 Å². The third-order valence-corrected chi connectivity index (χ3v) is 3.78. The smallest absolute Gasteiger partial charge is 0.315 e. The number of ether oxygens (including phenoxy) is 1. The van der Waals surface area contributed by atoms with E-state index in [0.717, 1.165) is 5.56 Å². The van der Waals surface area contributed by atoms with Gasteiger partial charge in [0, 0.05) is 17.6 Å². The van der Waals surface area contributed by atoms with E-state index in [1.165, 1.54) is 6.92 Å². The Morgan fingerprint density at radius 1 is 1.15 bits per heavy atom. The van der Waals surface area contributed by atoms with Crippen molar-refractivity contribution in [3.05, 3.63) is 59.1 Å². The van der Waals surface area contributed by atoms with Crippen LogP contribution in [-0.4, -0.2) is 25.1 Å². The number of carbonyl (C=O) groups excluding carboxylic acids is 2. The summed E-state index contributed by atoms with van der Waals surface area (Å²) in [4.78, 5) is 23.1. The van der Waals surface area contributed by atoms with Crippen molar-refractivity contribution in [2.75, 3.05) is 18.5 Å². The molecule has 0 aromatic heterocycles. The van der Waals surface area contributed by atoms with E-state index in [9.17, 15) is 9.59 Å². The molecule has 0 unspecified atom stereocenters. The highest BCUT2D eigenvalue weighted by Gasteiger charge is 2.10. The highest BCUT2D eigenvalue weighted by atomic mass is 35.5. The van der Waals surface area contributed by atoms with Crippen LogP contribution in [0.5, 0.6) is 5.75 Å². The molecule has 0 saturated heterocycles. The number of nitrogens with one attached hydrogen (secondary N) is 3. The second-order valence-corrected chi connectivity index (χ2v) is 6.17. The predicted molar refractivity (Wildman–Crippen MR) is 103 cm³/mol. The Kier molecular flexibility index (Phi) is 7.29. The van der Waals surface area contributed by atoms with Crippen molar-refractivity contribution in [1.82, 2.24) is 10.6 Å². The van der Waals surface area contributed by atoms with Crippen LogP contribution >= 0.6 is 11.6 Å². The summed E-state index contributed by atoms with van der Waals surface area (Å²) in [6.07, 6.45) is 0. The van der Waals surface area contributed by atoms with Gasteiger partial charge in [-0.3, -0.25) is 4.79 Å². The number of benzene rings is 2. The number of carbonyl (C=O) groups is 2. The third-order valence-electron chi connectivity index (χ3n) is 3.52. The van der Waals surface area contributed by atoms with Gasteiger partial charge in [0.2, 0.25) is 5.91 Å². The molecule has 6 nitrogen and oxygen atoms in total. The minimum atomic E-state index is -0.290. The van der Waals surface area contributed by atoms with Gasteiger partial charge in [-0.25, -0.2) is 4.79 Å². The van der Waals surface area contributed by atoms with E-state index in [1.807, 2.05) is 25.1 Å². The maximum Gasteiger partial charge on any atom is 0.315 e. The van der Waals surface area contributed by atoms with Crippen LogP contribution in [0.4, 0.5) is 10.5 Å². The van der Waals surface area contributed by atoms with Crippen molar-refractivity contribution in [3.8, 4) is 5.75 Å². The van der Waals surface area contributed by atoms with Crippen LogP contribution in [0.15, 0.2) is 48.5 Å². The number of halogens is 1. The van der Waals surface area contributed by atoms with Crippen molar-refractivity contribution < 1.29 is 14.3 Å². The van der Waals surface area contributed by atoms with E-state index in [4.69, 9.17) is 16.3 Å². The number of anilines is 1. The van der Waals surface area contributed by atoms with Gasteiger partial charge < -0.3 is 20.7 Å². The Balaban J connectivity index is 1.74. The minimum Gasteiger partial charge on any atom is -0.492 e. The third kappa shape index (κ3) is 6.64. The Morgan fingerprint density at radius 3 is 2.58 bits per heavy atom. The van der Waals surface area contributed by atoms with Gasteiger partial charge in [-0.2, -0.15) is 0 Å². The predicted octanol–water partition coefficient (Wildman–Crippen LogP) is 3.74. The molecule has 0 fully saturated rings. The maximum absolute atomic E-state index is 12.0. The summed E-state index contributed by atoms with van der Waals surface area (Å²) in [6.45, 7) is 4.04. The molecule has 138 valence electrons. The molecule has 3 amide bonds. The van der Waals surface area contributed by atoms with Crippen molar-refractivity contribution in [3.63, 3.8) is 0 Å². The first-order valence-electron chi connectivity index (χ1n) is 8.24. The molecule has 0 aliphatic carbocycles. The molecule has 0 spiro atoms. The molecule has 2 rings (SSSR count). The first-order chi connectivity index (χ1) is 12.4. The van der Waals surface area contributed by atoms with Gasteiger partial charge in [0.1, 0.15) is 12.4 Å². The zero-order valence-electron chi connectivity index (χ0n) is 14.7. The fourth-order valence-electron chi connectivity index (χ4n) is 2.28. The first kappa shape index (κ1) is 19.6. The van der Waals surface area contributed by atoms with Gasteiger partial charge in [0.05, 0.1) is 12.6 Å². The van der Waals surface area contributed by atoms with Crippen LogP contribution in [0.1, 0.15) is 25.5 Å². The normalized spacial score (nSPS) is 11.3. The summed E-state index contributed by atoms with van der Waals surface area (Å²) in [5, 5.41) is 8.96. The molecule has 0 radical (unpaired) electrons. The summed E-state index contributed by atoms with van der Waals surface area (Å²) in [6, 6.07) is 13.9. The molecule has 0 heterocycles. The maximum atomic E-state index is 12.0. The Hall–Kier alpha value is -2.73. The minimum absolute atomic E-state index is 0.138. The fourth-order valence-corrected chi connectivity index (χ4v) is 2.41. The zero-order valence-corrected chi connectivity index (χ0v) is 15.5. The molecule has 2 aromatic carbocycles. The summed E-state index contributed by atoms with van der Waals surface area (Å²) in [5.41, 5.74) is 1.59. The second-order valence-electron chi connectivity index (χ2n) is 5.73. The fraction of sp³-hybridized carbons (Fsp3) is 0.263. The Bertz CT molecular complexity index is 750. The highest BCUT2D eigenvalue weighted by Crippen LogP contribution is 2.17. The van der Waals surface area contributed by atoms with Gasteiger partial charge >= 0.3 is 6.03 Å². The largest absolute Gasteiger partial charge is 0.492 e. The summed E-state index contributed by atoms with van der Waals surface area (Å²) >= 11 is 5.81. The molecule has 0 saturated carbocycles. The Labute approximate surface area is 157 Å². The quantitative estimate of drug-likeness (QED) is 0.645. The number of amides is 3. The van der Waals surface area contributed by atoms with Crippen molar-refractivity contribution in [2.24, 2.45) is 0 Å².